The molecule has 0 aromatic heterocycles. The summed E-state index contributed by atoms with van der Waals surface area (Å²) in [6.07, 6.45) is 4.65. The number of rotatable bonds is 7. The number of hydrogen-bond acceptors (Lipinski definition) is 6. The van der Waals surface area contributed by atoms with E-state index in [-0.39, 0.29) is 5.91 Å². The number of methoxy groups -OCH3 is 1. The Morgan fingerprint density at radius 2 is 2.27 bits per heavy atom. The van der Waals surface area contributed by atoms with Crippen LogP contribution in [0.5, 0.6) is 11.5 Å². The van der Waals surface area contributed by atoms with Crippen molar-refractivity contribution in [3.05, 3.63) is 40.3 Å². The Bertz CT molecular complexity index is 773. The number of carbonyl (C=O) groups is 1. The maximum absolute atomic E-state index is 12.6. The fraction of sp³-hybridized carbons (Fsp3) is 0.368. The van der Waals surface area contributed by atoms with Gasteiger partial charge in [0, 0.05) is 25.3 Å². The molecule has 0 saturated carbocycles. The highest BCUT2D eigenvalue weighted by molar-refractivity contribution is 8.26. The highest BCUT2D eigenvalue weighted by Gasteiger charge is 2.32. The van der Waals surface area contributed by atoms with Crippen molar-refractivity contribution in [3.8, 4) is 11.5 Å². The Labute approximate surface area is 163 Å². The van der Waals surface area contributed by atoms with Crippen molar-refractivity contribution in [1.29, 1.82) is 0 Å². The van der Waals surface area contributed by atoms with E-state index < -0.39 is 0 Å². The second-order valence-corrected chi connectivity index (χ2v) is 7.45. The number of hydrogen-bond donors (Lipinski definition) is 0. The molecular weight excluding hydrogens is 370 g/mol. The van der Waals surface area contributed by atoms with E-state index in [2.05, 4.69) is 0 Å². The SMILES string of the molecule is CCOCCCN1C(=O)/C(=C\C2=Cc3cccc(OC)c3OC2)SC1=S. The van der Waals surface area contributed by atoms with Gasteiger partial charge in [-0.05, 0) is 37.1 Å². The fourth-order valence-electron chi connectivity index (χ4n) is 2.77. The number of nitrogens with zero attached hydrogens (tertiary/aromatic N) is 1. The van der Waals surface area contributed by atoms with Gasteiger partial charge in [0.25, 0.3) is 5.91 Å². The van der Waals surface area contributed by atoms with Gasteiger partial charge >= 0.3 is 0 Å². The second kappa shape index (κ2) is 8.70. The van der Waals surface area contributed by atoms with Crippen molar-refractivity contribution < 1.29 is 19.0 Å². The van der Waals surface area contributed by atoms with Crippen LogP contribution in [0.3, 0.4) is 0 Å². The predicted octanol–water partition coefficient (Wildman–Crippen LogP) is 3.64. The molecule has 0 spiro atoms. The molecule has 0 radical (unpaired) electrons. The quantitative estimate of drug-likeness (QED) is 0.402. The van der Waals surface area contributed by atoms with Crippen LogP contribution < -0.4 is 9.47 Å². The van der Waals surface area contributed by atoms with Crippen molar-refractivity contribution in [2.45, 2.75) is 13.3 Å². The van der Waals surface area contributed by atoms with Crippen LogP contribution in [0.4, 0.5) is 0 Å². The average Bonchev–Trinajstić information content (AvgIpc) is 2.91. The van der Waals surface area contributed by atoms with Crippen molar-refractivity contribution in [3.63, 3.8) is 0 Å². The molecule has 138 valence electrons. The molecule has 0 aliphatic carbocycles. The number of thioether (sulfide) groups is 1. The van der Waals surface area contributed by atoms with Gasteiger partial charge < -0.3 is 14.2 Å². The molecule has 5 nitrogen and oxygen atoms in total. The molecule has 3 rings (SSSR count). The summed E-state index contributed by atoms with van der Waals surface area (Å²) in [6.45, 7) is 4.23. The zero-order valence-corrected chi connectivity index (χ0v) is 16.5. The number of fused-ring (bicyclic) bond motifs is 1. The molecule has 0 unspecified atom stereocenters. The van der Waals surface area contributed by atoms with E-state index in [4.69, 9.17) is 26.4 Å². The first-order valence-electron chi connectivity index (χ1n) is 8.47. The maximum atomic E-state index is 12.6. The molecular formula is C19H21NO4S2. The standard InChI is InChI=1S/C19H21NO4S2/c1-3-23-9-5-8-20-18(21)16(26-19(20)25)11-13-10-14-6-4-7-15(22-2)17(14)24-12-13/h4,6-7,10-11H,3,5,8-9,12H2,1-2H3/b16-11+. The number of benzene rings is 1. The summed E-state index contributed by atoms with van der Waals surface area (Å²) in [7, 11) is 1.62. The van der Waals surface area contributed by atoms with Gasteiger partial charge in [0.15, 0.2) is 11.5 Å². The molecule has 2 aliphatic heterocycles. The summed E-state index contributed by atoms with van der Waals surface area (Å²) >= 11 is 6.69. The highest BCUT2D eigenvalue weighted by Crippen LogP contribution is 2.37. The van der Waals surface area contributed by atoms with Crippen molar-refractivity contribution in [1.82, 2.24) is 4.90 Å². The van der Waals surface area contributed by atoms with Crippen LogP contribution in [0.15, 0.2) is 34.8 Å². The predicted molar refractivity (Wildman–Crippen MR) is 108 cm³/mol. The minimum absolute atomic E-state index is 0.0474. The number of amides is 1. The lowest BCUT2D eigenvalue weighted by atomic mass is 10.1. The summed E-state index contributed by atoms with van der Waals surface area (Å²) in [4.78, 5) is 14.9. The molecule has 7 heteroatoms. The monoisotopic (exact) mass is 391 g/mol. The molecule has 2 heterocycles. The summed E-state index contributed by atoms with van der Waals surface area (Å²) in [5.41, 5.74) is 1.87. The second-order valence-electron chi connectivity index (χ2n) is 5.77. The number of ether oxygens (including phenoxy) is 3. The van der Waals surface area contributed by atoms with Crippen LogP contribution in [0.25, 0.3) is 6.08 Å². The third-order valence-corrected chi connectivity index (χ3v) is 5.40. The summed E-state index contributed by atoms with van der Waals surface area (Å²) in [5, 5.41) is 0. The molecule has 26 heavy (non-hydrogen) atoms. The Kier molecular flexibility index (Phi) is 6.34. The Morgan fingerprint density at radius 1 is 1.42 bits per heavy atom. The van der Waals surface area contributed by atoms with Crippen LogP contribution in [-0.2, 0) is 9.53 Å². The maximum Gasteiger partial charge on any atom is 0.266 e. The summed E-state index contributed by atoms with van der Waals surface area (Å²) < 4.78 is 17.1. The highest BCUT2D eigenvalue weighted by atomic mass is 32.2. The molecule has 1 aromatic carbocycles. The molecule has 1 saturated heterocycles. The molecule has 0 N–H and O–H groups in total. The van der Waals surface area contributed by atoms with Crippen LogP contribution >= 0.6 is 24.0 Å². The number of carbonyl (C=O) groups excluding carboxylic acids is 1. The Balaban J connectivity index is 1.73. The lowest BCUT2D eigenvalue weighted by Gasteiger charge is -2.18. The Hall–Kier alpha value is -1.83. The van der Waals surface area contributed by atoms with E-state index in [0.29, 0.717) is 41.3 Å². The first-order chi connectivity index (χ1) is 12.6. The van der Waals surface area contributed by atoms with E-state index in [1.807, 2.05) is 37.3 Å². The van der Waals surface area contributed by atoms with E-state index in [0.717, 1.165) is 23.3 Å². The van der Waals surface area contributed by atoms with E-state index >= 15 is 0 Å². The van der Waals surface area contributed by atoms with Crippen LogP contribution in [0.1, 0.15) is 18.9 Å². The van der Waals surface area contributed by atoms with Gasteiger partial charge in [-0.2, -0.15) is 0 Å². The van der Waals surface area contributed by atoms with Gasteiger partial charge in [-0.15, -0.1) is 0 Å². The van der Waals surface area contributed by atoms with Gasteiger partial charge in [-0.25, -0.2) is 0 Å². The van der Waals surface area contributed by atoms with E-state index in [1.54, 1.807) is 12.0 Å². The van der Waals surface area contributed by atoms with E-state index in [9.17, 15) is 4.79 Å². The zero-order chi connectivity index (χ0) is 18.5. The van der Waals surface area contributed by atoms with Gasteiger partial charge in [0.2, 0.25) is 0 Å². The number of thiocarbonyl (C=S) groups is 1. The third-order valence-electron chi connectivity index (χ3n) is 4.02. The average molecular weight is 392 g/mol. The van der Waals surface area contributed by atoms with Gasteiger partial charge in [0.1, 0.15) is 10.9 Å². The third kappa shape index (κ3) is 4.11. The Morgan fingerprint density at radius 3 is 3.04 bits per heavy atom. The summed E-state index contributed by atoms with van der Waals surface area (Å²) in [6, 6.07) is 5.74. The topological polar surface area (TPSA) is 48.0 Å². The largest absolute Gasteiger partial charge is 0.493 e. The molecule has 1 fully saturated rings. The van der Waals surface area contributed by atoms with Gasteiger partial charge in [-0.3, -0.25) is 9.69 Å². The first-order valence-corrected chi connectivity index (χ1v) is 9.70. The van der Waals surface area contributed by atoms with Crippen LogP contribution in [-0.4, -0.2) is 48.6 Å². The molecule has 1 aromatic rings. The van der Waals surface area contributed by atoms with E-state index in [1.165, 1.54) is 11.8 Å². The number of para-hydroxylation sites is 1. The lowest BCUT2D eigenvalue weighted by Crippen LogP contribution is -2.29. The molecule has 1 amide bonds. The van der Waals surface area contributed by atoms with Crippen molar-refractivity contribution in [2.24, 2.45) is 0 Å². The zero-order valence-electron chi connectivity index (χ0n) is 14.8. The van der Waals surface area contributed by atoms with Crippen LogP contribution in [0.2, 0.25) is 0 Å². The minimum Gasteiger partial charge on any atom is -0.493 e. The van der Waals surface area contributed by atoms with Crippen molar-refractivity contribution in [2.75, 3.05) is 33.5 Å². The fourth-order valence-corrected chi connectivity index (χ4v) is 4.10. The van der Waals surface area contributed by atoms with Gasteiger partial charge in [0.05, 0.1) is 12.0 Å². The smallest absolute Gasteiger partial charge is 0.266 e. The minimum atomic E-state index is -0.0474. The first kappa shape index (κ1) is 18.9. The van der Waals surface area contributed by atoms with Gasteiger partial charge in [-0.1, -0.05) is 36.1 Å². The molecule has 0 bridgehead atoms. The normalized spacial score (nSPS) is 18.0. The molecule has 2 aliphatic rings. The van der Waals surface area contributed by atoms with Crippen LogP contribution in [0, 0.1) is 0 Å². The molecule has 0 atom stereocenters. The van der Waals surface area contributed by atoms with Crippen molar-refractivity contribution >= 4 is 40.3 Å². The lowest BCUT2D eigenvalue weighted by molar-refractivity contribution is -0.122. The summed E-state index contributed by atoms with van der Waals surface area (Å²) in [5.74, 6) is 1.39.